The van der Waals surface area contributed by atoms with E-state index in [4.69, 9.17) is 0 Å². The van der Waals surface area contributed by atoms with Crippen LogP contribution in [0.3, 0.4) is 0 Å². The molecular weight excluding hydrogens is 243 g/mol. The molecule has 1 aromatic carbocycles. The Labute approximate surface area is 104 Å². The highest BCUT2D eigenvalue weighted by Gasteiger charge is 2.29. The number of hydrogen-bond acceptors (Lipinski definition) is 1. The van der Waals surface area contributed by atoms with Gasteiger partial charge in [-0.2, -0.15) is 13.2 Å². The molecule has 0 radical (unpaired) electrons. The predicted octanol–water partition coefficient (Wildman–Crippen LogP) is 3.32. The maximum atomic E-state index is 12.4. The standard InChI is InChI=1S/C13H16F3NO/c1-9(2)12(18)17(3)8-10-4-6-11(7-5-10)13(14,15)16/h4-7,9H,8H2,1-3H3. The van der Waals surface area contributed by atoms with E-state index in [2.05, 4.69) is 0 Å². The van der Waals surface area contributed by atoms with E-state index in [1.807, 2.05) is 0 Å². The third kappa shape index (κ3) is 3.75. The van der Waals surface area contributed by atoms with Gasteiger partial charge in [0.2, 0.25) is 5.91 Å². The minimum Gasteiger partial charge on any atom is -0.341 e. The van der Waals surface area contributed by atoms with Gasteiger partial charge >= 0.3 is 6.18 Å². The molecular formula is C13H16F3NO. The second-order valence-electron chi connectivity index (χ2n) is 4.54. The van der Waals surface area contributed by atoms with Crippen molar-refractivity contribution in [2.45, 2.75) is 26.6 Å². The first kappa shape index (κ1) is 14.5. The van der Waals surface area contributed by atoms with Crippen molar-refractivity contribution in [3.8, 4) is 0 Å². The summed E-state index contributed by atoms with van der Waals surface area (Å²) in [6, 6.07) is 4.85. The summed E-state index contributed by atoms with van der Waals surface area (Å²) in [7, 11) is 1.64. The molecule has 0 unspecified atom stereocenters. The van der Waals surface area contributed by atoms with Gasteiger partial charge in [0.25, 0.3) is 0 Å². The SMILES string of the molecule is CC(C)C(=O)N(C)Cc1ccc(C(F)(F)F)cc1. The maximum absolute atomic E-state index is 12.4. The molecule has 5 heteroatoms. The van der Waals surface area contributed by atoms with E-state index >= 15 is 0 Å². The zero-order chi connectivity index (χ0) is 13.9. The Morgan fingerprint density at radius 3 is 2.11 bits per heavy atom. The summed E-state index contributed by atoms with van der Waals surface area (Å²) >= 11 is 0. The van der Waals surface area contributed by atoms with Crippen LogP contribution in [0.1, 0.15) is 25.0 Å². The van der Waals surface area contributed by atoms with Crippen LogP contribution in [0.15, 0.2) is 24.3 Å². The van der Waals surface area contributed by atoms with Gasteiger partial charge in [0.1, 0.15) is 0 Å². The Hall–Kier alpha value is -1.52. The van der Waals surface area contributed by atoms with Crippen molar-refractivity contribution in [2.24, 2.45) is 5.92 Å². The normalized spacial score (nSPS) is 11.7. The summed E-state index contributed by atoms with van der Waals surface area (Å²) in [6.07, 6.45) is -4.32. The second-order valence-corrected chi connectivity index (χ2v) is 4.54. The van der Waals surface area contributed by atoms with Crippen LogP contribution in [0.25, 0.3) is 0 Å². The summed E-state index contributed by atoms with van der Waals surface area (Å²) in [5.41, 5.74) is 0.00332. The van der Waals surface area contributed by atoms with Gasteiger partial charge in [-0.25, -0.2) is 0 Å². The zero-order valence-electron chi connectivity index (χ0n) is 10.6. The molecule has 0 N–H and O–H groups in total. The Kier molecular flexibility index (Phi) is 4.38. The third-order valence-electron chi connectivity index (χ3n) is 2.57. The number of carbonyl (C=O) groups excluding carboxylic acids is 1. The van der Waals surface area contributed by atoms with Crippen LogP contribution < -0.4 is 0 Å². The zero-order valence-corrected chi connectivity index (χ0v) is 10.6. The van der Waals surface area contributed by atoms with Crippen molar-refractivity contribution in [2.75, 3.05) is 7.05 Å². The van der Waals surface area contributed by atoms with Gasteiger partial charge in [0.15, 0.2) is 0 Å². The van der Waals surface area contributed by atoms with Gasteiger partial charge in [0.05, 0.1) is 5.56 Å². The van der Waals surface area contributed by atoms with Crippen molar-refractivity contribution in [1.29, 1.82) is 0 Å². The fraction of sp³-hybridized carbons (Fsp3) is 0.462. The molecule has 0 fully saturated rings. The quantitative estimate of drug-likeness (QED) is 0.815. The maximum Gasteiger partial charge on any atom is 0.416 e. The highest BCUT2D eigenvalue weighted by molar-refractivity contribution is 5.77. The van der Waals surface area contributed by atoms with E-state index < -0.39 is 11.7 Å². The Morgan fingerprint density at radius 1 is 1.22 bits per heavy atom. The summed E-state index contributed by atoms with van der Waals surface area (Å²) in [5.74, 6) is -0.153. The number of carbonyl (C=O) groups is 1. The Balaban J connectivity index is 2.73. The van der Waals surface area contributed by atoms with Gasteiger partial charge in [0, 0.05) is 19.5 Å². The number of rotatable bonds is 3. The highest BCUT2D eigenvalue weighted by Crippen LogP contribution is 2.29. The molecule has 1 aromatic rings. The molecule has 100 valence electrons. The van der Waals surface area contributed by atoms with Crippen LogP contribution in [0, 0.1) is 5.92 Å². The first-order valence-electron chi connectivity index (χ1n) is 5.63. The Morgan fingerprint density at radius 2 is 1.72 bits per heavy atom. The molecule has 0 aliphatic rings. The van der Waals surface area contributed by atoms with Gasteiger partial charge in [-0.05, 0) is 17.7 Å². The fourth-order valence-electron chi connectivity index (χ4n) is 1.59. The number of hydrogen-bond donors (Lipinski definition) is 0. The number of amides is 1. The van der Waals surface area contributed by atoms with Crippen LogP contribution >= 0.6 is 0 Å². The lowest BCUT2D eigenvalue weighted by molar-refractivity contribution is -0.137. The molecule has 0 saturated carbocycles. The minimum atomic E-state index is -4.32. The van der Waals surface area contributed by atoms with Gasteiger partial charge in [-0.15, -0.1) is 0 Å². The van der Waals surface area contributed by atoms with E-state index in [1.54, 1.807) is 20.9 Å². The van der Waals surface area contributed by atoms with Crippen molar-refractivity contribution in [3.63, 3.8) is 0 Å². The first-order chi connectivity index (χ1) is 8.21. The molecule has 1 amide bonds. The monoisotopic (exact) mass is 259 g/mol. The summed E-state index contributed by atoms with van der Waals surface area (Å²) < 4.78 is 37.1. The van der Waals surface area contributed by atoms with Crippen molar-refractivity contribution < 1.29 is 18.0 Å². The molecule has 0 saturated heterocycles. The molecule has 18 heavy (non-hydrogen) atoms. The fourth-order valence-corrected chi connectivity index (χ4v) is 1.59. The summed E-state index contributed by atoms with van der Waals surface area (Å²) in [4.78, 5) is 13.1. The summed E-state index contributed by atoms with van der Waals surface area (Å²) in [5, 5.41) is 0. The number of nitrogens with zero attached hydrogens (tertiary/aromatic N) is 1. The lowest BCUT2D eigenvalue weighted by Gasteiger charge is -2.19. The van der Waals surface area contributed by atoms with Crippen molar-refractivity contribution in [1.82, 2.24) is 4.90 Å². The molecule has 0 aromatic heterocycles. The average Bonchev–Trinajstić information content (AvgIpc) is 2.27. The van der Waals surface area contributed by atoms with Crippen molar-refractivity contribution >= 4 is 5.91 Å². The number of halogens is 3. The van der Waals surface area contributed by atoms with Crippen molar-refractivity contribution in [3.05, 3.63) is 35.4 Å². The van der Waals surface area contributed by atoms with Crippen LogP contribution in [0.4, 0.5) is 13.2 Å². The van der Waals surface area contributed by atoms with Gasteiger partial charge in [-0.1, -0.05) is 26.0 Å². The lowest BCUT2D eigenvalue weighted by Crippen LogP contribution is -2.29. The van der Waals surface area contributed by atoms with E-state index in [9.17, 15) is 18.0 Å². The predicted molar refractivity (Wildman–Crippen MR) is 62.8 cm³/mol. The van der Waals surface area contributed by atoms with E-state index in [-0.39, 0.29) is 11.8 Å². The molecule has 0 aliphatic heterocycles. The van der Waals surface area contributed by atoms with E-state index in [1.165, 1.54) is 17.0 Å². The highest BCUT2D eigenvalue weighted by atomic mass is 19.4. The largest absolute Gasteiger partial charge is 0.416 e. The topological polar surface area (TPSA) is 20.3 Å². The smallest absolute Gasteiger partial charge is 0.341 e. The molecule has 0 aliphatic carbocycles. The van der Waals surface area contributed by atoms with E-state index in [0.717, 1.165) is 12.1 Å². The minimum absolute atomic E-state index is 0.0325. The number of alkyl halides is 3. The molecule has 0 spiro atoms. The van der Waals surface area contributed by atoms with Crippen LogP contribution in [-0.4, -0.2) is 17.9 Å². The number of benzene rings is 1. The summed E-state index contributed by atoms with van der Waals surface area (Å²) in [6.45, 7) is 3.88. The van der Waals surface area contributed by atoms with Gasteiger partial charge in [-0.3, -0.25) is 4.79 Å². The van der Waals surface area contributed by atoms with Crippen LogP contribution in [0.5, 0.6) is 0 Å². The molecule has 1 rings (SSSR count). The Bertz CT molecular complexity index is 409. The van der Waals surface area contributed by atoms with Crippen LogP contribution in [-0.2, 0) is 17.5 Å². The molecule has 2 nitrogen and oxygen atoms in total. The lowest BCUT2D eigenvalue weighted by atomic mass is 10.1. The second kappa shape index (κ2) is 5.42. The van der Waals surface area contributed by atoms with E-state index in [0.29, 0.717) is 12.1 Å². The molecule has 0 heterocycles. The van der Waals surface area contributed by atoms with Crippen LogP contribution in [0.2, 0.25) is 0 Å². The van der Waals surface area contributed by atoms with Gasteiger partial charge < -0.3 is 4.90 Å². The molecule has 0 bridgehead atoms. The third-order valence-corrected chi connectivity index (χ3v) is 2.57. The molecule has 0 atom stereocenters. The average molecular weight is 259 g/mol. The first-order valence-corrected chi connectivity index (χ1v) is 5.63.